The van der Waals surface area contributed by atoms with Crippen molar-refractivity contribution in [2.75, 3.05) is 6.61 Å². The molecule has 37 heavy (non-hydrogen) atoms. The summed E-state index contributed by atoms with van der Waals surface area (Å²) in [6, 6.07) is 12.3. The lowest BCUT2D eigenvalue weighted by atomic mass is 9.96. The number of nitrogens with zero attached hydrogens (tertiary/aromatic N) is 1. The van der Waals surface area contributed by atoms with Gasteiger partial charge < -0.3 is 4.74 Å². The fourth-order valence-electron chi connectivity index (χ4n) is 4.12. The number of fused-ring (bicyclic) bond motifs is 3. The second-order valence-electron chi connectivity index (χ2n) is 11.4. The molecule has 0 N–H and O–H groups in total. The van der Waals surface area contributed by atoms with Crippen LogP contribution in [0.1, 0.15) is 41.0 Å². The van der Waals surface area contributed by atoms with E-state index in [4.69, 9.17) is 9.57 Å². The van der Waals surface area contributed by atoms with Gasteiger partial charge in [-0.25, -0.2) is 4.79 Å². The quantitative estimate of drug-likeness (QED) is 0.228. The summed E-state index contributed by atoms with van der Waals surface area (Å²) in [6.45, 7) is 13.2. The fourth-order valence-corrected chi connectivity index (χ4v) is 5.16. The summed E-state index contributed by atoms with van der Waals surface area (Å²) < 4.78 is 5.44. The molecule has 0 radical (unpaired) electrons. The van der Waals surface area contributed by atoms with Crippen LogP contribution in [0.3, 0.4) is 0 Å². The van der Waals surface area contributed by atoms with Crippen molar-refractivity contribution in [2.45, 2.75) is 58.0 Å². The Kier molecular flexibility index (Phi) is 7.19. The second-order valence-corrected chi connectivity index (χ2v) is 20.9. The molecule has 2 aromatic carbocycles. The first-order valence-electron chi connectivity index (χ1n) is 12.4. The minimum atomic E-state index is -1.56. The van der Waals surface area contributed by atoms with Crippen LogP contribution < -0.4 is 0 Å². The molecule has 1 aliphatic heterocycles. The summed E-state index contributed by atoms with van der Waals surface area (Å²) in [5, 5.41) is 0.493. The zero-order valence-electron chi connectivity index (χ0n) is 22.2. The van der Waals surface area contributed by atoms with Crippen molar-refractivity contribution in [1.82, 2.24) is 5.06 Å². The van der Waals surface area contributed by atoms with Gasteiger partial charge >= 0.3 is 6.16 Å². The van der Waals surface area contributed by atoms with E-state index >= 15 is 0 Å². The van der Waals surface area contributed by atoms with Crippen LogP contribution in [0.4, 0.5) is 4.79 Å². The van der Waals surface area contributed by atoms with Crippen molar-refractivity contribution < 1.29 is 24.0 Å². The summed E-state index contributed by atoms with van der Waals surface area (Å²) in [7, 11) is -3.11. The van der Waals surface area contributed by atoms with Crippen LogP contribution in [0.15, 0.2) is 36.4 Å². The van der Waals surface area contributed by atoms with Gasteiger partial charge in [0.05, 0.1) is 0 Å². The Morgan fingerprint density at radius 1 is 0.838 bits per heavy atom. The predicted molar refractivity (Wildman–Crippen MR) is 148 cm³/mol. The zero-order valence-corrected chi connectivity index (χ0v) is 24.2. The number of hydrogen-bond donors (Lipinski definition) is 0. The van der Waals surface area contributed by atoms with Crippen molar-refractivity contribution in [3.63, 3.8) is 0 Å². The highest BCUT2D eigenvalue weighted by atomic mass is 28.3. The van der Waals surface area contributed by atoms with Crippen LogP contribution in [0.2, 0.25) is 39.3 Å². The summed E-state index contributed by atoms with van der Waals surface area (Å²) in [6.07, 6.45) is -1.03. The summed E-state index contributed by atoms with van der Waals surface area (Å²) in [5.74, 6) is 5.27. The topological polar surface area (TPSA) is 72.9 Å². The van der Waals surface area contributed by atoms with Gasteiger partial charge in [-0.2, -0.15) is 0 Å². The minimum Gasteiger partial charge on any atom is -0.432 e. The largest absolute Gasteiger partial charge is 0.533 e. The Morgan fingerprint density at radius 3 is 1.73 bits per heavy atom. The lowest BCUT2D eigenvalue weighted by Gasteiger charge is -2.16. The maximum absolute atomic E-state index is 12.4. The Morgan fingerprint density at radius 2 is 1.30 bits per heavy atom. The summed E-state index contributed by atoms with van der Waals surface area (Å²) in [5.41, 5.74) is 12.8. The van der Waals surface area contributed by atoms with Gasteiger partial charge in [-0.3, -0.25) is 14.4 Å². The number of hydroxylamine groups is 2. The summed E-state index contributed by atoms with van der Waals surface area (Å²) in [4.78, 5) is 40.9. The van der Waals surface area contributed by atoms with E-state index in [0.29, 0.717) is 5.06 Å². The lowest BCUT2D eigenvalue weighted by molar-refractivity contribution is -0.177. The highest BCUT2D eigenvalue weighted by molar-refractivity contribution is 6.84. The van der Waals surface area contributed by atoms with Gasteiger partial charge in [-0.15, -0.1) is 11.1 Å². The highest BCUT2D eigenvalue weighted by Gasteiger charge is 2.35. The molecule has 0 spiro atoms. The smallest absolute Gasteiger partial charge is 0.432 e. The average Bonchev–Trinajstić information content (AvgIpc) is 3.29. The molecule has 0 unspecified atom stereocenters. The third kappa shape index (κ3) is 6.40. The van der Waals surface area contributed by atoms with E-state index in [1.807, 2.05) is 12.1 Å². The van der Waals surface area contributed by atoms with Gasteiger partial charge in [0.2, 0.25) is 0 Å². The van der Waals surface area contributed by atoms with Crippen molar-refractivity contribution in [2.24, 2.45) is 0 Å². The number of carbonyl (C=O) groups is 3. The van der Waals surface area contributed by atoms with Crippen LogP contribution in [0, 0.1) is 22.9 Å². The molecule has 2 aliphatic rings. The third-order valence-corrected chi connectivity index (χ3v) is 7.60. The van der Waals surface area contributed by atoms with Gasteiger partial charge in [0.1, 0.15) is 22.8 Å². The van der Waals surface area contributed by atoms with Gasteiger partial charge in [0.25, 0.3) is 11.8 Å². The van der Waals surface area contributed by atoms with E-state index in [1.165, 1.54) is 0 Å². The fraction of sp³-hybridized carbons (Fsp3) is 0.345. The molecule has 6 nitrogen and oxygen atoms in total. The van der Waals surface area contributed by atoms with Crippen molar-refractivity contribution in [3.05, 3.63) is 58.7 Å². The van der Waals surface area contributed by atoms with E-state index < -0.39 is 34.1 Å². The molecular formula is C29H31NO5Si2. The van der Waals surface area contributed by atoms with Gasteiger partial charge in [-0.05, 0) is 46.5 Å². The lowest BCUT2D eigenvalue weighted by Crippen LogP contribution is -2.32. The Labute approximate surface area is 220 Å². The summed E-state index contributed by atoms with van der Waals surface area (Å²) >= 11 is 0. The van der Waals surface area contributed by atoms with Gasteiger partial charge in [-0.1, -0.05) is 68.3 Å². The normalized spacial score (nSPS) is 14.8. The standard InChI is InChI=1S/C29H31NO5Si2/c1-36(2,3)15-13-20-7-9-22-23-10-8-21(14-16-37(4,5)6)18-25(23)26(24(22)17-20)19-34-29(33)35-30-27(31)11-12-28(30)32/h7-10,17-18,26H,11-12,19H2,1-6H3. The number of imide groups is 1. The van der Waals surface area contributed by atoms with Crippen LogP contribution >= 0.6 is 0 Å². The molecule has 2 amide bonds. The monoisotopic (exact) mass is 529 g/mol. The molecule has 4 rings (SSSR count). The molecule has 1 aliphatic carbocycles. The molecule has 190 valence electrons. The van der Waals surface area contributed by atoms with E-state index in [9.17, 15) is 14.4 Å². The number of benzene rings is 2. The second kappa shape index (κ2) is 10.0. The Bertz CT molecular complexity index is 1310. The van der Waals surface area contributed by atoms with E-state index in [2.05, 4.69) is 86.5 Å². The molecule has 0 saturated carbocycles. The highest BCUT2D eigenvalue weighted by Crippen LogP contribution is 2.45. The van der Waals surface area contributed by atoms with Crippen molar-refractivity contribution >= 4 is 34.1 Å². The minimum absolute atomic E-state index is 0.00907. The van der Waals surface area contributed by atoms with Gasteiger partial charge in [0.15, 0.2) is 0 Å². The molecule has 1 saturated heterocycles. The maximum atomic E-state index is 12.4. The molecule has 0 aromatic heterocycles. The predicted octanol–water partition coefficient (Wildman–Crippen LogP) is 5.47. The van der Waals surface area contributed by atoms with Crippen LogP contribution in [0.5, 0.6) is 0 Å². The Balaban J connectivity index is 1.65. The third-order valence-electron chi connectivity index (χ3n) is 5.85. The van der Waals surface area contributed by atoms with E-state index in [0.717, 1.165) is 33.4 Å². The number of hydrogen-bond acceptors (Lipinski definition) is 5. The molecule has 0 bridgehead atoms. The molecular weight excluding hydrogens is 498 g/mol. The van der Waals surface area contributed by atoms with Crippen LogP contribution in [0.25, 0.3) is 11.1 Å². The van der Waals surface area contributed by atoms with Crippen molar-refractivity contribution in [3.8, 4) is 34.1 Å². The first-order valence-corrected chi connectivity index (χ1v) is 19.4. The van der Waals surface area contributed by atoms with E-state index in [1.54, 1.807) is 0 Å². The molecule has 1 fully saturated rings. The van der Waals surface area contributed by atoms with Gasteiger partial charge in [0, 0.05) is 29.9 Å². The number of rotatable bonds is 3. The maximum Gasteiger partial charge on any atom is 0.533 e. The molecule has 1 heterocycles. The number of amides is 2. The Hall–Kier alpha value is -3.60. The van der Waals surface area contributed by atoms with Crippen LogP contribution in [-0.2, 0) is 19.2 Å². The number of ether oxygens (including phenoxy) is 1. The van der Waals surface area contributed by atoms with Crippen molar-refractivity contribution in [1.29, 1.82) is 0 Å². The van der Waals surface area contributed by atoms with E-state index in [-0.39, 0.29) is 25.4 Å². The average molecular weight is 530 g/mol. The SMILES string of the molecule is C[Si](C)(C)C#Cc1ccc2c(c1)C(COC(=O)ON1C(=O)CCC1=O)c1cc(C#C[Si](C)(C)C)ccc1-2. The number of carbonyl (C=O) groups excluding carboxylic acids is 3. The molecule has 0 atom stereocenters. The zero-order chi connectivity index (χ0) is 27.0. The molecule has 2 aromatic rings. The van der Waals surface area contributed by atoms with Crippen LogP contribution in [-0.4, -0.2) is 45.8 Å². The molecule has 8 heteroatoms. The first kappa shape index (κ1) is 26.5. The first-order chi connectivity index (χ1) is 17.3.